The highest BCUT2D eigenvalue weighted by Crippen LogP contribution is 2.28. The van der Waals surface area contributed by atoms with Crippen molar-refractivity contribution >= 4 is 11.9 Å². The van der Waals surface area contributed by atoms with E-state index in [1.807, 2.05) is 38.1 Å². The number of nitrogens with one attached hydrogen (secondary N) is 2. The van der Waals surface area contributed by atoms with Crippen LogP contribution in [0.25, 0.3) is 0 Å². The Morgan fingerprint density at radius 3 is 2.38 bits per heavy atom. The molecule has 5 nitrogen and oxygen atoms in total. The fourth-order valence-electron chi connectivity index (χ4n) is 2.46. The molecule has 1 saturated heterocycles. The van der Waals surface area contributed by atoms with Crippen LogP contribution in [0.4, 0.5) is 4.79 Å². The van der Waals surface area contributed by atoms with Crippen LogP contribution in [0.3, 0.4) is 0 Å². The summed E-state index contributed by atoms with van der Waals surface area (Å²) in [5.41, 5.74) is 0.926. The molecule has 2 rings (SSSR count). The van der Waals surface area contributed by atoms with E-state index in [-0.39, 0.29) is 24.0 Å². The van der Waals surface area contributed by atoms with Gasteiger partial charge in [-0.15, -0.1) is 0 Å². The fourth-order valence-corrected chi connectivity index (χ4v) is 2.46. The molecule has 5 heteroatoms. The average Bonchev–Trinajstić information content (AvgIpc) is 2.64. The lowest BCUT2D eigenvalue weighted by Gasteiger charge is -2.24. The van der Waals surface area contributed by atoms with Gasteiger partial charge in [-0.1, -0.05) is 26.0 Å². The van der Waals surface area contributed by atoms with E-state index in [1.165, 1.54) is 0 Å². The summed E-state index contributed by atoms with van der Waals surface area (Å²) in [6.07, 6.45) is 0.126. The minimum Gasteiger partial charge on any atom is -0.491 e. The second-order valence-electron chi connectivity index (χ2n) is 6.03. The monoisotopic (exact) mass is 289 g/mol. The molecule has 0 radical (unpaired) electrons. The van der Waals surface area contributed by atoms with Crippen LogP contribution in [0.15, 0.2) is 24.3 Å². The van der Waals surface area contributed by atoms with Crippen molar-refractivity contribution in [3.63, 3.8) is 0 Å². The number of hydrogen-bond acceptors (Lipinski definition) is 3. The van der Waals surface area contributed by atoms with Crippen LogP contribution in [-0.2, 0) is 0 Å². The minimum atomic E-state index is -0.326. The molecule has 2 N–H and O–H groups in total. The van der Waals surface area contributed by atoms with Crippen LogP contribution in [0.2, 0.25) is 0 Å². The number of hydrogen-bond donors (Lipinski definition) is 2. The van der Waals surface area contributed by atoms with Crippen molar-refractivity contribution in [3.8, 4) is 5.75 Å². The lowest BCUT2D eigenvalue weighted by molar-refractivity contribution is 0.198. The van der Waals surface area contributed by atoms with Crippen molar-refractivity contribution in [2.45, 2.75) is 39.8 Å². The number of amides is 2. The standard InChI is InChI=1S/C16H23N3O2/c1-10(2)9-19-14(15(17)18-16(19)20)12-5-7-13(8-6-12)21-11(3)4/h5-8,10-11,14H,9H2,1-4H3,(H2,17,18,20). The van der Waals surface area contributed by atoms with Gasteiger partial charge in [-0.05, 0) is 37.5 Å². The molecular formula is C16H23N3O2. The van der Waals surface area contributed by atoms with Gasteiger partial charge in [0.2, 0.25) is 0 Å². The quantitative estimate of drug-likeness (QED) is 0.874. The van der Waals surface area contributed by atoms with Gasteiger partial charge in [-0.3, -0.25) is 10.7 Å². The zero-order valence-electron chi connectivity index (χ0n) is 13.0. The first-order chi connectivity index (χ1) is 9.88. The number of ether oxygens (including phenoxy) is 1. The minimum absolute atomic E-state index is 0.126. The van der Waals surface area contributed by atoms with Gasteiger partial charge in [0.15, 0.2) is 0 Å². The largest absolute Gasteiger partial charge is 0.491 e. The lowest BCUT2D eigenvalue weighted by Crippen LogP contribution is -2.33. The van der Waals surface area contributed by atoms with Crippen LogP contribution in [0, 0.1) is 11.3 Å². The number of nitrogens with zero attached hydrogens (tertiary/aromatic N) is 1. The number of urea groups is 1. The Balaban J connectivity index is 2.21. The number of carbonyl (C=O) groups excluding carboxylic acids is 1. The van der Waals surface area contributed by atoms with Gasteiger partial charge in [0.05, 0.1) is 6.10 Å². The van der Waals surface area contributed by atoms with Crippen molar-refractivity contribution < 1.29 is 9.53 Å². The molecule has 0 aliphatic carbocycles. The molecule has 0 aromatic heterocycles. The van der Waals surface area contributed by atoms with Crippen molar-refractivity contribution in [1.29, 1.82) is 5.41 Å². The Morgan fingerprint density at radius 1 is 1.24 bits per heavy atom. The third-order valence-corrected chi connectivity index (χ3v) is 3.22. The van der Waals surface area contributed by atoms with Crippen LogP contribution >= 0.6 is 0 Å². The molecule has 1 atom stereocenters. The average molecular weight is 289 g/mol. The van der Waals surface area contributed by atoms with Crippen LogP contribution < -0.4 is 10.1 Å². The van der Waals surface area contributed by atoms with E-state index < -0.39 is 0 Å². The van der Waals surface area contributed by atoms with E-state index >= 15 is 0 Å². The van der Waals surface area contributed by atoms with Crippen molar-refractivity contribution in [1.82, 2.24) is 10.2 Å². The zero-order valence-corrected chi connectivity index (χ0v) is 13.0. The molecule has 0 bridgehead atoms. The van der Waals surface area contributed by atoms with Crippen LogP contribution in [0.5, 0.6) is 5.75 Å². The van der Waals surface area contributed by atoms with Gasteiger partial charge in [-0.2, -0.15) is 0 Å². The molecule has 1 fully saturated rings. The topological polar surface area (TPSA) is 65.4 Å². The summed E-state index contributed by atoms with van der Waals surface area (Å²) in [5.74, 6) is 1.39. The van der Waals surface area contributed by atoms with Crippen LogP contribution in [0.1, 0.15) is 39.3 Å². The van der Waals surface area contributed by atoms with Crippen molar-refractivity contribution in [2.75, 3.05) is 6.54 Å². The summed E-state index contributed by atoms with van der Waals surface area (Å²) < 4.78 is 5.62. The smallest absolute Gasteiger partial charge is 0.323 e. The van der Waals surface area contributed by atoms with Gasteiger partial charge in [0.1, 0.15) is 17.6 Å². The van der Waals surface area contributed by atoms with Gasteiger partial charge in [0, 0.05) is 6.54 Å². The Morgan fingerprint density at radius 2 is 1.86 bits per heavy atom. The second kappa shape index (κ2) is 6.16. The highest BCUT2D eigenvalue weighted by atomic mass is 16.5. The van der Waals surface area contributed by atoms with Gasteiger partial charge >= 0.3 is 6.03 Å². The highest BCUT2D eigenvalue weighted by molar-refractivity contribution is 6.06. The zero-order chi connectivity index (χ0) is 15.6. The number of rotatable bonds is 5. The summed E-state index contributed by atoms with van der Waals surface area (Å²) in [5, 5.41) is 10.6. The first kappa shape index (κ1) is 15.4. The summed E-state index contributed by atoms with van der Waals surface area (Å²) in [7, 11) is 0. The molecule has 0 spiro atoms. The number of carbonyl (C=O) groups is 1. The van der Waals surface area contributed by atoms with Gasteiger partial charge in [0.25, 0.3) is 0 Å². The first-order valence-corrected chi connectivity index (χ1v) is 7.31. The normalized spacial score (nSPS) is 18.6. The number of benzene rings is 1. The summed E-state index contributed by atoms with van der Waals surface area (Å²) in [6.45, 7) is 8.71. The summed E-state index contributed by atoms with van der Waals surface area (Å²) in [6, 6.07) is 7.10. The predicted octanol–water partition coefficient (Wildman–Crippen LogP) is 3.17. The molecule has 1 aliphatic rings. The lowest BCUT2D eigenvalue weighted by atomic mass is 10.0. The van der Waals surface area contributed by atoms with E-state index in [9.17, 15) is 4.79 Å². The Labute approximate surface area is 125 Å². The first-order valence-electron chi connectivity index (χ1n) is 7.31. The maximum absolute atomic E-state index is 12.0. The van der Waals surface area contributed by atoms with Crippen LogP contribution in [-0.4, -0.2) is 29.4 Å². The summed E-state index contributed by atoms with van der Waals surface area (Å²) in [4.78, 5) is 13.7. The molecule has 0 saturated carbocycles. The van der Waals surface area contributed by atoms with Crippen molar-refractivity contribution in [3.05, 3.63) is 29.8 Å². The molecule has 21 heavy (non-hydrogen) atoms. The molecule has 1 aromatic carbocycles. The molecule has 1 aromatic rings. The molecule has 1 unspecified atom stereocenters. The Kier molecular flexibility index (Phi) is 4.50. The molecule has 1 aliphatic heterocycles. The van der Waals surface area contributed by atoms with E-state index in [4.69, 9.17) is 10.1 Å². The SMILES string of the molecule is CC(C)CN1C(=O)NC(=N)C1c1ccc(OC(C)C)cc1. The van der Waals surface area contributed by atoms with Gasteiger partial charge < -0.3 is 9.64 Å². The maximum Gasteiger partial charge on any atom is 0.323 e. The molecule has 114 valence electrons. The summed E-state index contributed by atoms with van der Waals surface area (Å²) >= 11 is 0. The third-order valence-electron chi connectivity index (χ3n) is 3.22. The van der Waals surface area contributed by atoms with Gasteiger partial charge in [-0.25, -0.2) is 4.79 Å². The second-order valence-corrected chi connectivity index (χ2v) is 6.03. The Hall–Kier alpha value is -2.04. The van der Waals surface area contributed by atoms with E-state index in [2.05, 4.69) is 19.2 Å². The predicted molar refractivity (Wildman–Crippen MR) is 82.7 cm³/mol. The van der Waals surface area contributed by atoms with E-state index in [0.29, 0.717) is 12.5 Å². The van der Waals surface area contributed by atoms with E-state index in [1.54, 1.807) is 4.90 Å². The molecular weight excluding hydrogens is 266 g/mol. The molecule has 1 heterocycles. The molecule has 2 amide bonds. The highest BCUT2D eigenvalue weighted by Gasteiger charge is 2.36. The Bertz CT molecular complexity index is 523. The van der Waals surface area contributed by atoms with E-state index in [0.717, 1.165) is 11.3 Å². The number of amidine groups is 1. The van der Waals surface area contributed by atoms with Crippen molar-refractivity contribution in [2.24, 2.45) is 5.92 Å². The maximum atomic E-state index is 12.0. The fraction of sp³-hybridized carbons (Fsp3) is 0.500. The third kappa shape index (κ3) is 3.54.